The molecule has 2 aliphatic rings. The first kappa shape index (κ1) is 23.8. The molecular formula is C26H35N3O3S. The summed E-state index contributed by atoms with van der Waals surface area (Å²) in [6.07, 6.45) is 3.63. The van der Waals surface area contributed by atoms with Crippen molar-refractivity contribution in [2.45, 2.75) is 51.0 Å². The van der Waals surface area contributed by atoms with Crippen molar-refractivity contribution in [1.29, 1.82) is 0 Å². The van der Waals surface area contributed by atoms with Crippen molar-refractivity contribution in [2.24, 2.45) is 11.8 Å². The second-order valence-electron chi connectivity index (χ2n) is 9.57. The highest BCUT2D eigenvalue weighted by atomic mass is 32.2. The first-order valence-electron chi connectivity index (χ1n) is 12.0. The highest BCUT2D eigenvalue weighted by molar-refractivity contribution is 7.89. The van der Waals surface area contributed by atoms with Crippen molar-refractivity contribution in [1.82, 2.24) is 9.62 Å². The Morgan fingerprint density at radius 3 is 2.27 bits per heavy atom. The molecule has 2 saturated heterocycles. The highest BCUT2D eigenvalue weighted by Crippen LogP contribution is 2.25. The molecule has 2 aromatic rings. The zero-order valence-corrected chi connectivity index (χ0v) is 20.5. The fraction of sp³-hybridized carbons (Fsp3) is 0.500. The van der Waals surface area contributed by atoms with Crippen LogP contribution in [0.5, 0.6) is 0 Å². The Kier molecular flexibility index (Phi) is 7.39. The van der Waals surface area contributed by atoms with E-state index in [1.165, 1.54) is 22.8 Å². The van der Waals surface area contributed by atoms with Crippen LogP contribution < -0.4 is 10.2 Å². The van der Waals surface area contributed by atoms with E-state index in [1.807, 2.05) is 19.1 Å². The number of rotatable bonds is 6. The number of sulfonamides is 1. The van der Waals surface area contributed by atoms with Gasteiger partial charge in [-0.2, -0.15) is 4.31 Å². The van der Waals surface area contributed by atoms with Crippen LogP contribution in [0.4, 0.5) is 5.69 Å². The first-order chi connectivity index (χ1) is 15.8. The van der Waals surface area contributed by atoms with Gasteiger partial charge >= 0.3 is 0 Å². The largest absolute Gasteiger partial charge is 0.371 e. The molecule has 0 aromatic heterocycles. The van der Waals surface area contributed by atoms with Crippen LogP contribution in [0.3, 0.4) is 0 Å². The van der Waals surface area contributed by atoms with Gasteiger partial charge in [0.2, 0.25) is 15.9 Å². The average molecular weight is 470 g/mol. The Balaban J connectivity index is 1.26. The number of aryl methyl sites for hydroxylation is 1. The van der Waals surface area contributed by atoms with Crippen LogP contribution in [0.15, 0.2) is 53.4 Å². The lowest BCUT2D eigenvalue weighted by molar-refractivity contribution is -0.126. The highest BCUT2D eigenvalue weighted by Gasteiger charge is 2.32. The van der Waals surface area contributed by atoms with Gasteiger partial charge in [-0.05, 0) is 68.4 Å². The van der Waals surface area contributed by atoms with Gasteiger partial charge in [-0.1, -0.05) is 36.8 Å². The minimum atomic E-state index is -3.50. The Hall–Kier alpha value is -2.38. The Morgan fingerprint density at radius 2 is 1.64 bits per heavy atom. The van der Waals surface area contributed by atoms with Gasteiger partial charge in [0.15, 0.2) is 0 Å². The molecule has 1 N–H and O–H groups in total. The van der Waals surface area contributed by atoms with Crippen LogP contribution in [-0.2, 0) is 21.4 Å². The number of nitrogens with zero attached hydrogens (tertiary/aromatic N) is 2. The molecule has 1 amide bonds. The van der Waals surface area contributed by atoms with Gasteiger partial charge in [0.1, 0.15) is 0 Å². The summed E-state index contributed by atoms with van der Waals surface area (Å²) in [5.41, 5.74) is 3.36. The lowest BCUT2D eigenvalue weighted by Gasteiger charge is -2.33. The number of hydrogen-bond acceptors (Lipinski definition) is 4. The third kappa shape index (κ3) is 5.76. The van der Waals surface area contributed by atoms with Gasteiger partial charge in [0, 0.05) is 44.3 Å². The summed E-state index contributed by atoms with van der Waals surface area (Å²) >= 11 is 0. The molecule has 0 radical (unpaired) electrons. The van der Waals surface area contributed by atoms with Gasteiger partial charge in [0.05, 0.1) is 4.90 Å². The number of piperidine rings is 2. The second kappa shape index (κ2) is 10.3. The lowest BCUT2D eigenvalue weighted by atomic mass is 9.97. The van der Waals surface area contributed by atoms with Crippen molar-refractivity contribution in [2.75, 3.05) is 31.1 Å². The van der Waals surface area contributed by atoms with E-state index in [4.69, 9.17) is 0 Å². The van der Waals surface area contributed by atoms with Crippen molar-refractivity contribution in [3.8, 4) is 0 Å². The maximum Gasteiger partial charge on any atom is 0.243 e. The van der Waals surface area contributed by atoms with E-state index >= 15 is 0 Å². The van der Waals surface area contributed by atoms with E-state index in [9.17, 15) is 13.2 Å². The van der Waals surface area contributed by atoms with Gasteiger partial charge < -0.3 is 10.2 Å². The molecule has 7 heteroatoms. The molecule has 0 aliphatic carbocycles. The molecule has 2 aliphatic heterocycles. The Labute approximate surface area is 198 Å². The van der Waals surface area contributed by atoms with Crippen LogP contribution in [0.2, 0.25) is 0 Å². The minimum absolute atomic E-state index is 0.0105. The molecule has 4 rings (SSSR count). The quantitative estimate of drug-likeness (QED) is 0.696. The predicted molar refractivity (Wildman–Crippen MR) is 132 cm³/mol. The van der Waals surface area contributed by atoms with Gasteiger partial charge in [-0.25, -0.2) is 8.42 Å². The summed E-state index contributed by atoms with van der Waals surface area (Å²) in [5.74, 6) is 0.593. The van der Waals surface area contributed by atoms with Crippen LogP contribution in [-0.4, -0.2) is 44.8 Å². The maximum absolute atomic E-state index is 12.9. The zero-order valence-electron chi connectivity index (χ0n) is 19.7. The Bertz CT molecular complexity index is 1040. The molecule has 2 heterocycles. The molecule has 0 saturated carbocycles. The fourth-order valence-electron chi connectivity index (χ4n) is 4.80. The van der Waals surface area contributed by atoms with Crippen molar-refractivity contribution >= 4 is 21.6 Å². The van der Waals surface area contributed by atoms with Gasteiger partial charge in [0.25, 0.3) is 0 Å². The summed E-state index contributed by atoms with van der Waals surface area (Å²) in [6, 6.07) is 15.4. The van der Waals surface area contributed by atoms with Crippen molar-refractivity contribution < 1.29 is 13.2 Å². The van der Waals surface area contributed by atoms with Gasteiger partial charge in [-0.3, -0.25) is 4.79 Å². The zero-order chi connectivity index (χ0) is 23.4. The summed E-state index contributed by atoms with van der Waals surface area (Å²) in [5, 5.41) is 3.05. The lowest BCUT2D eigenvalue weighted by Crippen LogP contribution is -2.42. The first-order valence-corrected chi connectivity index (χ1v) is 13.5. The normalized spacial score (nSPS) is 20.5. The number of nitrogens with one attached hydrogen (secondary N) is 1. The molecule has 1 atom stereocenters. The molecule has 0 spiro atoms. The van der Waals surface area contributed by atoms with Crippen LogP contribution in [0.25, 0.3) is 0 Å². The Morgan fingerprint density at radius 1 is 0.970 bits per heavy atom. The van der Waals surface area contributed by atoms with E-state index in [-0.39, 0.29) is 11.8 Å². The summed E-state index contributed by atoms with van der Waals surface area (Å²) in [6.45, 7) is 7.70. The van der Waals surface area contributed by atoms with E-state index in [0.717, 1.165) is 30.1 Å². The molecule has 2 aromatic carbocycles. The minimum Gasteiger partial charge on any atom is -0.371 e. The number of carbonyl (C=O) groups excluding carboxylic acids is 1. The van der Waals surface area contributed by atoms with Crippen LogP contribution in [0, 0.1) is 18.8 Å². The smallest absolute Gasteiger partial charge is 0.243 e. The van der Waals surface area contributed by atoms with E-state index in [0.29, 0.717) is 37.4 Å². The number of carbonyl (C=O) groups is 1. The molecule has 178 valence electrons. The third-order valence-electron chi connectivity index (χ3n) is 6.91. The molecule has 6 nitrogen and oxygen atoms in total. The summed E-state index contributed by atoms with van der Waals surface area (Å²) in [7, 11) is -3.50. The molecular weight excluding hydrogens is 434 g/mol. The van der Waals surface area contributed by atoms with E-state index in [2.05, 4.69) is 41.4 Å². The van der Waals surface area contributed by atoms with Crippen LogP contribution in [0.1, 0.15) is 43.7 Å². The summed E-state index contributed by atoms with van der Waals surface area (Å²) in [4.78, 5) is 15.5. The van der Waals surface area contributed by atoms with Crippen molar-refractivity contribution in [3.05, 3.63) is 59.7 Å². The molecule has 0 bridgehead atoms. The third-order valence-corrected chi connectivity index (χ3v) is 8.82. The standard InChI is InChI=1S/C26H35N3O3S/c1-20-5-11-25(12-6-20)33(31,32)29-16-13-23(14-17-29)26(30)27-18-22-7-9-24(10-8-22)28-15-3-4-21(2)19-28/h5-12,21,23H,3-4,13-19H2,1-2H3,(H,27,30)/t21-/m1/s1. The number of benzene rings is 2. The molecule has 0 unspecified atom stereocenters. The monoisotopic (exact) mass is 469 g/mol. The SMILES string of the molecule is Cc1ccc(S(=O)(=O)N2CCC(C(=O)NCc3ccc(N4CCC[C@@H](C)C4)cc3)CC2)cc1. The number of amides is 1. The van der Waals surface area contributed by atoms with Crippen molar-refractivity contribution in [3.63, 3.8) is 0 Å². The maximum atomic E-state index is 12.9. The predicted octanol–water partition coefficient (Wildman–Crippen LogP) is 3.95. The van der Waals surface area contributed by atoms with E-state index in [1.54, 1.807) is 12.1 Å². The number of hydrogen-bond donors (Lipinski definition) is 1. The number of anilines is 1. The topological polar surface area (TPSA) is 69.7 Å². The average Bonchev–Trinajstić information content (AvgIpc) is 2.83. The summed E-state index contributed by atoms with van der Waals surface area (Å²) < 4.78 is 27.2. The fourth-order valence-corrected chi connectivity index (χ4v) is 6.27. The second-order valence-corrected chi connectivity index (χ2v) is 11.5. The molecule has 2 fully saturated rings. The van der Waals surface area contributed by atoms with Crippen LogP contribution >= 0.6 is 0 Å². The molecule has 33 heavy (non-hydrogen) atoms. The van der Waals surface area contributed by atoms with Gasteiger partial charge in [-0.15, -0.1) is 0 Å². The van der Waals surface area contributed by atoms with E-state index < -0.39 is 10.0 Å².